The molecule has 104 valence electrons. The molecule has 0 amide bonds. The molecule has 22 heavy (non-hydrogen) atoms. The Hall–Kier alpha value is -3.30. The first-order chi connectivity index (χ1) is 10.8. The molecule has 0 saturated heterocycles. The van der Waals surface area contributed by atoms with Crippen LogP contribution in [0.25, 0.3) is 11.3 Å². The highest BCUT2D eigenvalue weighted by Gasteiger charge is 2.12. The van der Waals surface area contributed by atoms with Gasteiger partial charge in [-0.15, -0.1) is 0 Å². The first-order valence-electron chi connectivity index (χ1n) is 6.82. The number of nitrogens with zero attached hydrogens (tertiary/aromatic N) is 2. The van der Waals surface area contributed by atoms with Crippen molar-refractivity contribution in [1.82, 2.24) is 5.16 Å². The molecule has 1 aromatic heterocycles. The number of aromatic nitrogens is 1. The van der Waals surface area contributed by atoms with E-state index in [1.54, 1.807) is 12.1 Å². The lowest BCUT2D eigenvalue weighted by molar-refractivity contribution is 0.399. The summed E-state index contributed by atoms with van der Waals surface area (Å²) < 4.78 is 5.28. The van der Waals surface area contributed by atoms with E-state index < -0.39 is 0 Å². The fourth-order valence-corrected chi connectivity index (χ4v) is 2.08. The lowest BCUT2D eigenvalue weighted by atomic mass is 10.1. The van der Waals surface area contributed by atoms with Gasteiger partial charge in [0.05, 0.1) is 17.2 Å². The zero-order valence-corrected chi connectivity index (χ0v) is 12.0. The van der Waals surface area contributed by atoms with E-state index in [4.69, 9.17) is 9.78 Å². The summed E-state index contributed by atoms with van der Waals surface area (Å²) >= 11 is 0. The predicted molar refractivity (Wildman–Crippen MR) is 83.8 cm³/mol. The summed E-state index contributed by atoms with van der Waals surface area (Å²) in [5.74, 6) is 6.91. The van der Waals surface area contributed by atoms with Gasteiger partial charge in [0.25, 0.3) is 0 Å². The Morgan fingerprint density at radius 1 is 0.909 bits per heavy atom. The van der Waals surface area contributed by atoms with Crippen molar-refractivity contribution in [2.24, 2.45) is 0 Å². The Morgan fingerprint density at radius 2 is 1.59 bits per heavy atom. The number of aryl methyl sites for hydroxylation is 1. The second-order valence-corrected chi connectivity index (χ2v) is 4.77. The molecule has 0 spiro atoms. The van der Waals surface area contributed by atoms with Crippen molar-refractivity contribution in [3.05, 3.63) is 77.0 Å². The fourth-order valence-electron chi connectivity index (χ4n) is 2.08. The van der Waals surface area contributed by atoms with Crippen LogP contribution in [0.4, 0.5) is 0 Å². The van der Waals surface area contributed by atoms with Crippen LogP contribution >= 0.6 is 0 Å². The van der Waals surface area contributed by atoms with Gasteiger partial charge in [0.1, 0.15) is 11.5 Å². The minimum Gasteiger partial charge on any atom is -0.360 e. The van der Waals surface area contributed by atoms with E-state index in [-0.39, 0.29) is 0 Å². The van der Waals surface area contributed by atoms with Crippen molar-refractivity contribution in [3.8, 4) is 29.2 Å². The van der Waals surface area contributed by atoms with Gasteiger partial charge in [-0.25, -0.2) is 0 Å². The second-order valence-electron chi connectivity index (χ2n) is 4.77. The van der Waals surface area contributed by atoms with Crippen molar-refractivity contribution in [2.75, 3.05) is 0 Å². The van der Waals surface area contributed by atoms with Crippen molar-refractivity contribution >= 4 is 0 Å². The van der Waals surface area contributed by atoms with Gasteiger partial charge in [0.15, 0.2) is 0 Å². The lowest BCUT2D eigenvalue weighted by Gasteiger charge is -1.95. The zero-order chi connectivity index (χ0) is 15.4. The number of benzene rings is 2. The number of hydrogen-bond acceptors (Lipinski definition) is 3. The van der Waals surface area contributed by atoms with E-state index in [0.717, 1.165) is 22.4 Å². The van der Waals surface area contributed by atoms with E-state index >= 15 is 0 Å². The Labute approximate surface area is 128 Å². The Morgan fingerprint density at radius 3 is 2.27 bits per heavy atom. The molecule has 2 aromatic carbocycles. The molecule has 0 N–H and O–H groups in total. The van der Waals surface area contributed by atoms with Crippen LogP contribution in [-0.4, -0.2) is 5.16 Å². The van der Waals surface area contributed by atoms with Gasteiger partial charge < -0.3 is 4.52 Å². The highest BCUT2D eigenvalue weighted by atomic mass is 16.5. The van der Waals surface area contributed by atoms with Gasteiger partial charge in [0, 0.05) is 11.1 Å². The van der Waals surface area contributed by atoms with Gasteiger partial charge in [0.2, 0.25) is 0 Å². The molecule has 0 aliphatic rings. The average Bonchev–Trinajstić information content (AvgIpc) is 2.95. The summed E-state index contributed by atoms with van der Waals surface area (Å²) in [6, 6.07) is 19.1. The maximum absolute atomic E-state index is 8.80. The van der Waals surface area contributed by atoms with Gasteiger partial charge in [-0.3, -0.25) is 0 Å². The van der Waals surface area contributed by atoms with Crippen LogP contribution in [-0.2, 0) is 0 Å². The van der Waals surface area contributed by atoms with Gasteiger partial charge in [-0.1, -0.05) is 47.3 Å². The zero-order valence-electron chi connectivity index (χ0n) is 12.0. The first-order valence-corrected chi connectivity index (χ1v) is 6.82. The quantitative estimate of drug-likeness (QED) is 0.636. The third-order valence-electron chi connectivity index (χ3n) is 3.26. The van der Waals surface area contributed by atoms with Crippen LogP contribution in [0, 0.1) is 30.1 Å². The molecular formula is C19H12N2O. The Balaban J connectivity index is 1.98. The van der Waals surface area contributed by atoms with Crippen LogP contribution in [0.3, 0.4) is 0 Å². The third-order valence-corrected chi connectivity index (χ3v) is 3.26. The Bertz CT molecular complexity index is 889. The predicted octanol–water partition coefficient (Wildman–Crippen LogP) is 3.92. The number of rotatable bonds is 1. The molecule has 0 fully saturated rings. The molecule has 0 saturated carbocycles. The molecular weight excluding hydrogens is 272 g/mol. The third kappa shape index (κ3) is 2.75. The van der Waals surface area contributed by atoms with Crippen LogP contribution in [0.2, 0.25) is 0 Å². The molecule has 3 nitrogen and oxygen atoms in total. The van der Waals surface area contributed by atoms with E-state index in [1.165, 1.54) is 0 Å². The standard InChI is InChI=1S/C19H12N2O/c1-14-18(12-11-15-7-9-16(13-20)10-8-15)19(21-22-14)17-5-3-2-4-6-17/h2-10H,1H3. The SMILES string of the molecule is Cc1onc(-c2ccccc2)c1C#Cc1ccc(C#N)cc1. The summed E-state index contributed by atoms with van der Waals surface area (Å²) in [6.07, 6.45) is 0. The van der Waals surface area contributed by atoms with Gasteiger partial charge in [-0.05, 0) is 31.2 Å². The molecule has 0 bridgehead atoms. The highest BCUT2D eigenvalue weighted by molar-refractivity contribution is 5.68. The maximum atomic E-state index is 8.80. The molecule has 1 heterocycles. The molecule has 0 atom stereocenters. The normalized spacial score (nSPS) is 9.64. The van der Waals surface area contributed by atoms with Crippen molar-refractivity contribution in [1.29, 1.82) is 5.26 Å². The van der Waals surface area contributed by atoms with Crippen LogP contribution in [0.15, 0.2) is 59.1 Å². The van der Waals surface area contributed by atoms with E-state index in [0.29, 0.717) is 11.3 Å². The average molecular weight is 284 g/mol. The van der Waals surface area contributed by atoms with Crippen molar-refractivity contribution in [2.45, 2.75) is 6.92 Å². The van der Waals surface area contributed by atoms with Gasteiger partial charge >= 0.3 is 0 Å². The van der Waals surface area contributed by atoms with Crippen molar-refractivity contribution in [3.63, 3.8) is 0 Å². The van der Waals surface area contributed by atoms with E-state index in [1.807, 2.05) is 49.4 Å². The molecule has 3 rings (SSSR count). The molecule has 0 unspecified atom stereocenters. The van der Waals surface area contributed by atoms with Gasteiger partial charge in [-0.2, -0.15) is 5.26 Å². The molecule has 3 heteroatoms. The number of hydrogen-bond donors (Lipinski definition) is 0. The topological polar surface area (TPSA) is 49.8 Å². The lowest BCUT2D eigenvalue weighted by Crippen LogP contribution is -1.83. The van der Waals surface area contributed by atoms with E-state index in [9.17, 15) is 0 Å². The minimum atomic E-state index is 0.622. The summed E-state index contributed by atoms with van der Waals surface area (Å²) in [6.45, 7) is 1.85. The molecule has 0 radical (unpaired) electrons. The fraction of sp³-hybridized carbons (Fsp3) is 0.0526. The summed E-state index contributed by atoms with van der Waals surface area (Å²) in [5, 5.41) is 12.9. The monoisotopic (exact) mass is 284 g/mol. The summed E-state index contributed by atoms with van der Waals surface area (Å²) in [5.41, 5.74) is 3.98. The largest absolute Gasteiger partial charge is 0.360 e. The maximum Gasteiger partial charge on any atom is 0.149 e. The number of nitriles is 1. The first kappa shape index (κ1) is 13.7. The van der Waals surface area contributed by atoms with Crippen molar-refractivity contribution < 1.29 is 4.52 Å². The minimum absolute atomic E-state index is 0.622. The smallest absolute Gasteiger partial charge is 0.149 e. The summed E-state index contributed by atoms with van der Waals surface area (Å²) in [7, 11) is 0. The Kier molecular flexibility index (Phi) is 3.72. The van der Waals surface area contributed by atoms with Crippen LogP contribution in [0.5, 0.6) is 0 Å². The highest BCUT2D eigenvalue weighted by Crippen LogP contribution is 2.24. The second kappa shape index (κ2) is 5.99. The van der Waals surface area contributed by atoms with Crippen LogP contribution in [0.1, 0.15) is 22.5 Å². The molecule has 0 aliphatic heterocycles. The molecule has 3 aromatic rings. The van der Waals surface area contributed by atoms with E-state index in [2.05, 4.69) is 23.1 Å². The summed E-state index contributed by atoms with van der Waals surface area (Å²) in [4.78, 5) is 0. The molecule has 0 aliphatic carbocycles. The van der Waals surface area contributed by atoms with Crippen LogP contribution < -0.4 is 0 Å².